The molecule has 0 aliphatic carbocycles. The van der Waals surface area contributed by atoms with Crippen molar-refractivity contribution in [3.8, 4) is 0 Å². The summed E-state index contributed by atoms with van der Waals surface area (Å²) in [6.07, 6.45) is 0. The first kappa shape index (κ1) is 13.1. The number of carbonyl (C=O) groups is 1. The molecular formula is C16H18N2O. The highest BCUT2D eigenvalue weighted by Gasteiger charge is 2.11. The molecule has 0 aromatic heterocycles. The molecule has 0 fully saturated rings. The van der Waals surface area contributed by atoms with Crippen LogP contribution in [0.2, 0.25) is 0 Å². The summed E-state index contributed by atoms with van der Waals surface area (Å²) in [6.45, 7) is 2.65. The average Bonchev–Trinajstić information content (AvgIpc) is 2.39. The predicted octanol–water partition coefficient (Wildman–Crippen LogP) is 2.85. The number of aryl methyl sites for hydroxylation is 1. The van der Waals surface area contributed by atoms with Crippen molar-refractivity contribution in [1.82, 2.24) is 4.90 Å². The molecular weight excluding hydrogens is 236 g/mol. The fourth-order valence-corrected chi connectivity index (χ4v) is 2.00. The maximum absolute atomic E-state index is 12.2. The van der Waals surface area contributed by atoms with Gasteiger partial charge >= 0.3 is 0 Å². The van der Waals surface area contributed by atoms with Gasteiger partial charge in [-0.15, -0.1) is 0 Å². The van der Waals surface area contributed by atoms with E-state index in [-0.39, 0.29) is 5.91 Å². The van der Waals surface area contributed by atoms with Crippen LogP contribution in [0.5, 0.6) is 0 Å². The molecule has 2 rings (SSSR count). The highest BCUT2D eigenvalue weighted by Crippen LogP contribution is 2.11. The summed E-state index contributed by atoms with van der Waals surface area (Å²) in [5, 5.41) is 0. The van der Waals surface area contributed by atoms with Crippen LogP contribution in [-0.4, -0.2) is 17.9 Å². The molecule has 0 atom stereocenters. The number of carbonyl (C=O) groups excluding carboxylic acids is 1. The van der Waals surface area contributed by atoms with Gasteiger partial charge < -0.3 is 10.6 Å². The van der Waals surface area contributed by atoms with Crippen LogP contribution >= 0.6 is 0 Å². The number of hydrogen-bond acceptors (Lipinski definition) is 2. The smallest absolute Gasteiger partial charge is 0.253 e. The van der Waals surface area contributed by atoms with Gasteiger partial charge in [0.2, 0.25) is 0 Å². The van der Waals surface area contributed by atoms with Gasteiger partial charge in [-0.3, -0.25) is 4.79 Å². The fraction of sp³-hybridized carbons (Fsp3) is 0.188. The second-order valence-corrected chi connectivity index (χ2v) is 4.77. The zero-order valence-corrected chi connectivity index (χ0v) is 11.3. The lowest BCUT2D eigenvalue weighted by Crippen LogP contribution is -2.26. The molecule has 19 heavy (non-hydrogen) atoms. The number of anilines is 1. The van der Waals surface area contributed by atoms with E-state index in [0.717, 1.165) is 5.56 Å². The second kappa shape index (κ2) is 5.57. The summed E-state index contributed by atoms with van der Waals surface area (Å²) >= 11 is 0. The Labute approximate surface area is 113 Å². The minimum atomic E-state index is 0.00139. The number of nitrogen functional groups attached to an aromatic ring is 1. The second-order valence-electron chi connectivity index (χ2n) is 4.77. The molecule has 2 aromatic rings. The molecule has 0 aliphatic heterocycles. The molecule has 0 bridgehead atoms. The maximum Gasteiger partial charge on any atom is 0.253 e. The van der Waals surface area contributed by atoms with Gasteiger partial charge in [0, 0.05) is 24.8 Å². The Morgan fingerprint density at radius 2 is 1.84 bits per heavy atom. The predicted molar refractivity (Wildman–Crippen MR) is 77.8 cm³/mol. The van der Waals surface area contributed by atoms with E-state index in [4.69, 9.17) is 5.73 Å². The van der Waals surface area contributed by atoms with Gasteiger partial charge in [0.25, 0.3) is 5.91 Å². The molecule has 3 nitrogen and oxygen atoms in total. The lowest BCUT2D eigenvalue weighted by molar-refractivity contribution is 0.0785. The zero-order chi connectivity index (χ0) is 13.8. The maximum atomic E-state index is 12.2. The van der Waals surface area contributed by atoms with Crippen molar-refractivity contribution >= 4 is 11.6 Å². The lowest BCUT2D eigenvalue weighted by Gasteiger charge is -2.17. The quantitative estimate of drug-likeness (QED) is 0.856. The van der Waals surface area contributed by atoms with Crippen LogP contribution in [0.4, 0.5) is 5.69 Å². The molecule has 2 N–H and O–H groups in total. The number of hydrogen-bond donors (Lipinski definition) is 1. The third kappa shape index (κ3) is 3.35. The molecule has 0 radical (unpaired) electrons. The molecule has 0 saturated carbocycles. The first-order valence-electron chi connectivity index (χ1n) is 6.23. The minimum absolute atomic E-state index is 0.00139. The fourth-order valence-electron chi connectivity index (χ4n) is 2.00. The van der Waals surface area contributed by atoms with Crippen LogP contribution in [0.3, 0.4) is 0 Å². The number of amides is 1. The summed E-state index contributed by atoms with van der Waals surface area (Å²) < 4.78 is 0. The number of nitrogens with zero attached hydrogens (tertiary/aromatic N) is 1. The van der Waals surface area contributed by atoms with Crippen molar-refractivity contribution in [3.63, 3.8) is 0 Å². The summed E-state index contributed by atoms with van der Waals surface area (Å²) in [7, 11) is 1.81. The van der Waals surface area contributed by atoms with Crippen LogP contribution in [0.1, 0.15) is 21.5 Å². The largest absolute Gasteiger partial charge is 0.399 e. The normalized spacial score (nSPS) is 10.2. The zero-order valence-electron chi connectivity index (χ0n) is 11.3. The Morgan fingerprint density at radius 1 is 1.16 bits per heavy atom. The van der Waals surface area contributed by atoms with Crippen molar-refractivity contribution < 1.29 is 4.79 Å². The van der Waals surface area contributed by atoms with E-state index in [9.17, 15) is 4.79 Å². The van der Waals surface area contributed by atoms with Crippen molar-refractivity contribution in [1.29, 1.82) is 0 Å². The molecule has 0 saturated heterocycles. The Hall–Kier alpha value is -2.29. The summed E-state index contributed by atoms with van der Waals surface area (Å²) in [5.74, 6) is 0.00139. The molecule has 98 valence electrons. The Morgan fingerprint density at radius 3 is 2.47 bits per heavy atom. The molecule has 3 heteroatoms. The van der Waals surface area contributed by atoms with Crippen molar-refractivity contribution in [3.05, 3.63) is 65.2 Å². The van der Waals surface area contributed by atoms with Gasteiger partial charge in [0.1, 0.15) is 0 Å². The number of nitrogens with two attached hydrogens (primary N) is 1. The van der Waals surface area contributed by atoms with Crippen molar-refractivity contribution in [2.75, 3.05) is 12.8 Å². The highest BCUT2D eigenvalue weighted by molar-refractivity contribution is 5.94. The summed E-state index contributed by atoms with van der Waals surface area (Å²) in [4.78, 5) is 13.9. The molecule has 1 amide bonds. The van der Waals surface area contributed by atoms with Gasteiger partial charge in [-0.05, 0) is 36.8 Å². The van der Waals surface area contributed by atoms with E-state index < -0.39 is 0 Å². The highest BCUT2D eigenvalue weighted by atomic mass is 16.2. The van der Waals surface area contributed by atoms with Gasteiger partial charge in [-0.25, -0.2) is 0 Å². The van der Waals surface area contributed by atoms with E-state index in [0.29, 0.717) is 17.8 Å². The first-order chi connectivity index (χ1) is 9.06. The standard InChI is InChI=1S/C16H18N2O/c1-12-4-3-5-13(10-12)11-18(2)16(19)14-6-8-15(17)9-7-14/h3-10H,11,17H2,1-2H3. The van der Waals surface area contributed by atoms with Crippen LogP contribution in [0.15, 0.2) is 48.5 Å². The molecule has 0 heterocycles. The van der Waals surface area contributed by atoms with Crippen LogP contribution in [-0.2, 0) is 6.54 Å². The average molecular weight is 254 g/mol. The summed E-state index contributed by atoms with van der Waals surface area (Å²) in [5.41, 5.74) is 9.27. The van der Waals surface area contributed by atoms with Crippen LogP contribution in [0.25, 0.3) is 0 Å². The van der Waals surface area contributed by atoms with Crippen molar-refractivity contribution in [2.45, 2.75) is 13.5 Å². The molecule has 0 unspecified atom stereocenters. The van der Waals surface area contributed by atoms with Gasteiger partial charge in [-0.2, -0.15) is 0 Å². The molecule has 0 spiro atoms. The topological polar surface area (TPSA) is 46.3 Å². The number of benzene rings is 2. The SMILES string of the molecule is Cc1cccc(CN(C)C(=O)c2ccc(N)cc2)c1. The first-order valence-corrected chi connectivity index (χ1v) is 6.23. The monoisotopic (exact) mass is 254 g/mol. The molecule has 0 aliphatic rings. The van der Waals surface area contributed by atoms with Crippen molar-refractivity contribution in [2.24, 2.45) is 0 Å². The van der Waals surface area contributed by atoms with E-state index in [1.54, 1.807) is 36.2 Å². The lowest BCUT2D eigenvalue weighted by atomic mass is 10.1. The van der Waals surface area contributed by atoms with E-state index in [1.165, 1.54) is 5.56 Å². The van der Waals surface area contributed by atoms with Crippen LogP contribution < -0.4 is 5.73 Å². The Kier molecular flexibility index (Phi) is 3.85. The molecule has 2 aromatic carbocycles. The number of rotatable bonds is 3. The van der Waals surface area contributed by atoms with E-state index in [2.05, 4.69) is 6.07 Å². The Balaban J connectivity index is 2.09. The van der Waals surface area contributed by atoms with Gasteiger partial charge in [0.05, 0.1) is 0 Å². The Bertz CT molecular complexity index is 576. The van der Waals surface area contributed by atoms with Gasteiger partial charge in [0.15, 0.2) is 0 Å². The van der Waals surface area contributed by atoms with Gasteiger partial charge in [-0.1, -0.05) is 29.8 Å². The third-order valence-electron chi connectivity index (χ3n) is 3.01. The van der Waals surface area contributed by atoms with E-state index in [1.807, 2.05) is 25.1 Å². The van der Waals surface area contributed by atoms with E-state index >= 15 is 0 Å². The summed E-state index contributed by atoms with van der Waals surface area (Å²) in [6, 6.07) is 15.2. The third-order valence-corrected chi connectivity index (χ3v) is 3.01. The van der Waals surface area contributed by atoms with Crippen LogP contribution in [0, 0.1) is 6.92 Å². The minimum Gasteiger partial charge on any atom is -0.399 e.